The van der Waals surface area contributed by atoms with Crippen LogP contribution >= 0.6 is 0 Å². The molecule has 3 aromatic heterocycles. The van der Waals surface area contributed by atoms with Gasteiger partial charge in [0.05, 0.1) is 46.8 Å². The van der Waals surface area contributed by atoms with Gasteiger partial charge in [0.1, 0.15) is 6.26 Å². The molecule has 186 valence electrons. The van der Waals surface area contributed by atoms with Crippen molar-refractivity contribution in [2.45, 2.75) is 43.2 Å². The highest BCUT2D eigenvalue weighted by molar-refractivity contribution is 6.08. The summed E-state index contributed by atoms with van der Waals surface area (Å²) in [4.78, 5) is 44.2. The molecule has 9 nitrogen and oxygen atoms in total. The van der Waals surface area contributed by atoms with Crippen LogP contribution in [0.15, 0.2) is 65.8 Å². The van der Waals surface area contributed by atoms with E-state index >= 15 is 0 Å². The van der Waals surface area contributed by atoms with E-state index in [1.165, 1.54) is 6.26 Å². The first-order valence-corrected chi connectivity index (χ1v) is 12.6. The van der Waals surface area contributed by atoms with E-state index in [-0.39, 0.29) is 18.4 Å². The summed E-state index contributed by atoms with van der Waals surface area (Å²) in [5.41, 5.74) is 8.02. The molecule has 4 aromatic rings. The van der Waals surface area contributed by atoms with Gasteiger partial charge in [-0.05, 0) is 42.7 Å². The number of aromatic nitrogens is 3. The number of carbonyl (C=O) groups excluding carboxylic acids is 2. The van der Waals surface area contributed by atoms with Crippen molar-refractivity contribution in [2.75, 3.05) is 18.0 Å². The predicted octanol–water partition coefficient (Wildman–Crippen LogP) is 3.18. The summed E-state index contributed by atoms with van der Waals surface area (Å²) in [7, 11) is 0. The molecule has 1 aromatic carbocycles. The number of hydrogen-bond donors (Lipinski definition) is 1. The fourth-order valence-electron chi connectivity index (χ4n) is 5.94. The van der Waals surface area contributed by atoms with Gasteiger partial charge in [-0.3, -0.25) is 19.6 Å². The van der Waals surface area contributed by atoms with Crippen LogP contribution in [0.25, 0.3) is 22.2 Å². The highest BCUT2D eigenvalue weighted by Gasteiger charge is 2.55. The quantitative estimate of drug-likeness (QED) is 0.463. The lowest BCUT2D eigenvalue weighted by molar-refractivity contribution is -0.137. The lowest BCUT2D eigenvalue weighted by atomic mass is 9.74. The largest absolute Gasteiger partial charge is 0.444 e. The van der Waals surface area contributed by atoms with Crippen molar-refractivity contribution in [2.24, 2.45) is 5.73 Å². The highest BCUT2D eigenvalue weighted by Crippen LogP contribution is 2.49. The average Bonchev–Trinajstić information content (AvgIpc) is 3.38. The zero-order valence-corrected chi connectivity index (χ0v) is 20.3. The van der Waals surface area contributed by atoms with Crippen LogP contribution in [0.2, 0.25) is 0 Å². The summed E-state index contributed by atoms with van der Waals surface area (Å²) < 4.78 is 5.69. The molecule has 2 N–H and O–H groups in total. The summed E-state index contributed by atoms with van der Waals surface area (Å²) in [6, 6.07) is 9.88. The molecule has 0 bridgehead atoms. The van der Waals surface area contributed by atoms with E-state index in [9.17, 15) is 9.59 Å². The number of benzene rings is 1. The Hall–Kier alpha value is -4.11. The smallest absolute Gasteiger partial charge is 0.242 e. The van der Waals surface area contributed by atoms with Gasteiger partial charge in [0.15, 0.2) is 0 Å². The van der Waals surface area contributed by atoms with Crippen LogP contribution in [0.1, 0.15) is 36.9 Å². The molecule has 1 saturated heterocycles. The molecule has 1 saturated carbocycles. The second-order valence-corrected chi connectivity index (χ2v) is 10.3. The van der Waals surface area contributed by atoms with Gasteiger partial charge in [-0.1, -0.05) is 24.3 Å². The lowest BCUT2D eigenvalue weighted by Crippen LogP contribution is -2.54. The predicted molar refractivity (Wildman–Crippen MR) is 136 cm³/mol. The minimum absolute atomic E-state index is 0.00978. The molecule has 2 amide bonds. The molecule has 2 fully saturated rings. The Kier molecular flexibility index (Phi) is 4.75. The third-order valence-corrected chi connectivity index (χ3v) is 8.21. The summed E-state index contributed by atoms with van der Waals surface area (Å²) in [6.07, 6.45) is 11.0. The molecule has 7 rings (SSSR count). The Morgan fingerprint density at radius 2 is 1.84 bits per heavy atom. The van der Waals surface area contributed by atoms with Gasteiger partial charge in [-0.15, -0.1) is 0 Å². The van der Waals surface area contributed by atoms with Crippen LogP contribution in [0.3, 0.4) is 0 Å². The van der Waals surface area contributed by atoms with Gasteiger partial charge in [-0.2, -0.15) is 0 Å². The molecule has 2 aliphatic heterocycles. The Balaban J connectivity index is 1.25. The number of rotatable bonds is 4. The van der Waals surface area contributed by atoms with Gasteiger partial charge >= 0.3 is 0 Å². The van der Waals surface area contributed by atoms with Crippen LogP contribution in [-0.4, -0.2) is 50.3 Å². The Bertz CT molecular complexity index is 1540. The molecule has 5 heterocycles. The van der Waals surface area contributed by atoms with Crippen LogP contribution < -0.4 is 10.6 Å². The van der Waals surface area contributed by atoms with Crippen molar-refractivity contribution in [3.8, 4) is 11.5 Å². The fraction of sp³-hybridized carbons (Fsp3) is 0.321. The third kappa shape index (κ3) is 3.30. The number of piperidine rings is 1. The molecule has 3 aliphatic rings. The average molecular weight is 495 g/mol. The molecule has 0 atom stereocenters. The molecule has 37 heavy (non-hydrogen) atoms. The summed E-state index contributed by atoms with van der Waals surface area (Å²) >= 11 is 0. The van der Waals surface area contributed by atoms with Crippen molar-refractivity contribution < 1.29 is 14.0 Å². The Labute approximate surface area is 213 Å². The van der Waals surface area contributed by atoms with Crippen LogP contribution in [0.4, 0.5) is 5.69 Å². The summed E-state index contributed by atoms with van der Waals surface area (Å²) in [5, 5.41) is 1.93. The normalized spacial score (nSPS) is 19.4. The number of pyridine rings is 2. The molecule has 1 spiro atoms. The fourth-order valence-corrected chi connectivity index (χ4v) is 5.94. The molecule has 9 heteroatoms. The van der Waals surface area contributed by atoms with Crippen molar-refractivity contribution in [1.29, 1.82) is 0 Å². The molecular weight excluding hydrogens is 468 g/mol. The zero-order chi connectivity index (χ0) is 25.2. The van der Waals surface area contributed by atoms with E-state index in [0.29, 0.717) is 37.5 Å². The number of nitrogens with zero attached hydrogens (tertiary/aromatic N) is 5. The van der Waals surface area contributed by atoms with E-state index in [4.69, 9.17) is 15.1 Å². The van der Waals surface area contributed by atoms with Crippen molar-refractivity contribution in [3.63, 3.8) is 0 Å². The first kappa shape index (κ1) is 22.1. The monoisotopic (exact) mass is 494 g/mol. The molecule has 1 aliphatic carbocycles. The first-order valence-electron chi connectivity index (χ1n) is 12.6. The number of fused-ring (bicyclic) bond motifs is 3. The zero-order valence-electron chi connectivity index (χ0n) is 20.3. The molecular formula is C28H26N6O3. The van der Waals surface area contributed by atoms with Gasteiger partial charge < -0.3 is 20.0 Å². The first-order chi connectivity index (χ1) is 18.0. The molecule has 0 unspecified atom stereocenters. The van der Waals surface area contributed by atoms with E-state index in [0.717, 1.165) is 40.4 Å². The van der Waals surface area contributed by atoms with E-state index in [1.807, 2.05) is 41.4 Å². The van der Waals surface area contributed by atoms with Crippen molar-refractivity contribution >= 4 is 28.3 Å². The maximum atomic E-state index is 14.2. The number of oxazole rings is 1. The van der Waals surface area contributed by atoms with Gasteiger partial charge in [-0.25, -0.2) is 4.98 Å². The number of likely N-dealkylation sites (tertiary alicyclic amines) is 1. The SMILES string of the molecule is NC1(C(=O)N2CCC3(CC2)C(=O)N(Cc2ncc4ccccc4c2-c2ncco2)c2cnccc23)CC1. The lowest BCUT2D eigenvalue weighted by Gasteiger charge is -2.39. The third-order valence-electron chi connectivity index (χ3n) is 8.21. The van der Waals surface area contributed by atoms with Crippen LogP contribution in [0.5, 0.6) is 0 Å². The topological polar surface area (TPSA) is 118 Å². The maximum Gasteiger partial charge on any atom is 0.242 e. The van der Waals surface area contributed by atoms with E-state index < -0.39 is 11.0 Å². The highest BCUT2D eigenvalue weighted by atomic mass is 16.3. The second-order valence-electron chi connectivity index (χ2n) is 10.3. The Morgan fingerprint density at radius 3 is 2.59 bits per heavy atom. The van der Waals surface area contributed by atoms with Gasteiger partial charge in [0, 0.05) is 30.9 Å². The van der Waals surface area contributed by atoms with Crippen LogP contribution in [-0.2, 0) is 21.5 Å². The maximum absolute atomic E-state index is 14.2. The van der Waals surface area contributed by atoms with Crippen molar-refractivity contribution in [3.05, 3.63) is 72.6 Å². The van der Waals surface area contributed by atoms with Gasteiger partial charge in [0.25, 0.3) is 0 Å². The number of anilines is 1. The minimum atomic E-state index is -0.698. The number of carbonyl (C=O) groups is 2. The van der Waals surface area contributed by atoms with E-state index in [1.54, 1.807) is 23.5 Å². The van der Waals surface area contributed by atoms with Crippen LogP contribution in [0, 0.1) is 0 Å². The number of hydrogen-bond acceptors (Lipinski definition) is 7. The van der Waals surface area contributed by atoms with Crippen molar-refractivity contribution in [1.82, 2.24) is 19.9 Å². The Morgan fingerprint density at radius 1 is 1.03 bits per heavy atom. The number of nitrogens with two attached hydrogens (primary N) is 1. The minimum Gasteiger partial charge on any atom is -0.444 e. The van der Waals surface area contributed by atoms with E-state index in [2.05, 4.69) is 9.97 Å². The molecule has 0 radical (unpaired) electrons. The summed E-state index contributed by atoms with van der Waals surface area (Å²) in [6.45, 7) is 1.28. The van der Waals surface area contributed by atoms with Gasteiger partial charge in [0.2, 0.25) is 17.7 Å². The standard InChI is InChI=1S/C28H26N6O3/c29-28(6-7-28)26(36)33-12-8-27(9-13-33)20-5-10-30-16-22(20)34(25(27)35)17-21-23(24-31-11-14-37-24)19-4-2-1-3-18(19)15-32-21/h1-5,10-11,14-16H,6-9,12-13,17,29H2. The second kappa shape index (κ2) is 7.94. The summed E-state index contributed by atoms with van der Waals surface area (Å²) in [5.74, 6) is 0.495. The number of amides is 2.